The quantitative estimate of drug-likeness (QED) is 0.221. The Morgan fingerprint density at radius 3 is 1.79 bits per heavy atom. The van der Waals surface area contributed by atoms with E-state index in [9.17, 15) is 5.26 Å². The fourth-order valence-corrected chi connectivity index (χ4v) is 4.69. The van der Waals surface area contributed by atoms with Crippen LogP contribution >= 0.6 is 0 Å². The summed E-state index contributed by atoms with van der Waals surface area (Å²) >= 11 is 0. The van der Waals surface area contributed by atoms with Crippen LogP contribution in [-0.2, 0) is 5.41 Å². The molecular formula is C35H36N4. The van der Waals surface area contributed by atoms with E-state index in [4.69, 9.17) is 16.5 Å². The third-order valence-corrected chi connectivity index (χ3v) is 7.90. The highest BCUT2D eigenvalue weighted by Gasteiger charge is 2.29. The first-order chi connectivity index (χ1) is 18.7. The third-order valence-electron chi connectivity index (χ3n) is 7.90. The summed E-state index contributed by atoms with van der Waals surface area (Å²) < 4.78 is 0. The van der Waals surface area contributed by atoms with Gasteiger partial charge in [0.15, 0.2) is 5.69 Å². The van der Waals surface area contributed by atoms with Crippen molar-refractivity contribution < 1.29 is 0 Å². The lowest BCUT2D eigenvalue weighted by Crippen LogP contribution is -2.24. The Labute approximate surface area is 233 Å². The van der Waals surface area contributed by atoms with Gasteiger partial charge in [-0.1, -0.05) is 58.0 Å². The first-order valence-electron chi connectivity index (χ1n) is 13.7. The number of nitrogens with zero attached hydrogens (tertiary/aromatic N) is 4. The molecule has 196 valence electrons. The van der Waals surface area contributed by atoms with Crippen LogP contribution in [0.3, 0.4) is 0 Å². The van der Waals surface area contributed by atoms with Crippen molar-refractivity contribution in [2.75, 3.05) is 0 Å². The topological polar surface area (TPSA) is 53.9 Å². The summed E-state index contributed by atoms with van der Waals surface area (Å²) in [6, 6.07) is 26.4. The average molecular weight is 513 g/mol. The first-order valence-corrected chi connectivity index (χ1v) is 13.7. The summed E-state index contributed by atoms with van der Waals surface area (Å²) in [6.45, 7) is 20.7. The van der Waals surface area contributed by atoms with Crippen LogP contribution in [-0.4, -0.2) is 9.97 Å². The summed E-state index contributed by atoms with van der Waals surface area (Å²) in [4.78, 5) is 14.0. The van der Waals surface area contributed by atoms with Crippen LogP contribution in [0.1, 0.15) is 94.3 Å². The fraction of sp³-hybridized carbons (Fsp3) is 0.314. The molecule has 2 aromatic carbocycles. The second-order valence-electron chi connectivity index (χ2n) is 10.9. The van der Waals surface area contributed by atoms with Crippen LogP contribution in [0.4, 0.5) is 5.69 Å². The van der Waals surface area contributed by atoms with E-state index >= 15 is 0 Å². The Morgan fingerprint density at radius 2 is 1.31 bits per heavy atom. The standard InChI is InChI=1S/C35H36N4/c1-8-23(3)28-18-31(26-13-10-12-25(16-26)22-36)38-33(20-28)35(5,6)34-21-29(24(4)9-2)19-32(39-34)27-14-11-15-30(17-27)37-7/h10-21,23-24H,8-9H2,1-6H3. The zero-order valence-electron chi connectivity index (χ0n) is 23.8. The second kappa shape index (κ2) is 11.6. The number of pyridine rings is 2. The summed E-state index contributed by atoms with van der Waals surface area (Å²) in [6.07, 6.45) is 2.04. The molecule has 0 saturated carbocycles. The van der Waals surface area contributed by atoms with Gasteiger partial charge < -0.3 is 0 Å². The molecule has 4 aromatic rings. The number of hydrogen-bond acceptors (Lipinski definition) is 3. The lowest BCUT2D eigenvalue weighted by molar-refractivity contribution is 0.589. The van der Waals surface area contributed by atoms with E-state index < -0.39 is 5.41 Å². The molecule has 0 aliphatic carbocycles. The summed E-state index contributed by atoms with van der Waals surface area (Å²) in [5.41, 5.74) is 8.75. The highest BCUT2D eigenvalue weighted by molar-refractivity contribution is 5.67. The molecule has 0 saturated heterocycles. The predicted octanol–water partition coefficient (Wildman–Crippen LogP) is 9.59. The molecule has 0 N–H and O–H groups in total. The lowest BCUT2D eigenvalue weighted by atomic mass is 9.81. The van der Waals surface area contributed by atoms with Gasteiger partial charge in [-0.15, -0.1) is 0 Å². The zero-order chi connectivity index (χ0) is 28.2. The minimum absolute atomic E-state index is 0.367. The van der Waals surface area contributed by atoms with Gasteiger partial charge >= 0.3 is 0 Å². The van der Waals surface area contributed by atoms with Gasteiger partial charge in [0.05, 0.1) is 41.0 Å². The minimum Gasteiger partial charge on any atom is -0.252 e. The van der Waals surface area contributed by atoms with Crippen molar-refractivity contribution in [3.8, 4) is 28.6 Å². The molecule has 0 aliphatic rings. The largest absolute Gasteiger partial charge is 0.252 e. The highest BCUT2D eigenvalue weighted by atomic mass is 14.8. The molecule has 4 rings (SSSR count). The van der Waals surface area contributed by atoms with Crippen molar-refractivity contribution in [3.63, 3.8) is 0 Å². The maximum absolute atomic E-state index is 9.47. The van der Waals surface area contributed by atoms with E-state index in [2.05, 4.69) is 76.7 Å². The van der Waals surface area contributed by atoms with Gasteiger partial charge in [-0.25, -0.2) is 4.85 Å². The monoisotopic (exact) mass is 512 g/mol. The van der Waals surface area contributed by atoms with Gasteiger partial charge in [0.1, 0.15) is 0 Å². The molecule has 2 unspecified atom stereocenters. The van der Waals surface area contributed by atoms with Crippen LogP contribution in [0.15, 0.2) is 72.8 Å². The SMILES string of the molecule is [C-]#[N+]c1cccc(-c2cc(C(C)CC)cc(C(C)(C)c3cc(C(C)CC)cc(-c4cccc(C#N)c4)n3)n2)c1. The number of rotatable bonds is 8. The second-order valence-corrected chi connectivity index (χ2v) is 10.9. The molecule has 0 fully saturated rings. The number of hydrogen-bond donors (Lipinski definition) is 0. The van der Waals surface area contributed by atoms with Crippen molar-refractivity contribution in [3.05, 3.63) is 112 Å². The first kappa shape index (κ1) is 27.7. The molecule has 0 amide bonds. The van der Waals surface area contributed by atoms with E-state index in [0.29, 0.717) is 23.1 Å². The molecule has 2 atom stereocenters. The molecule has 0 spiro atoms. The molecule has 2 aromatic heterocycles. The Hall–Kier alpha value is -4.28. The molecule has 2 heterocycles. The van der Waals surface area contributed by atoms with E-state index in [1.54, 1.807) is 0 Å². The maximum atomic E-state index is 9.47. The summed E-state index contributed by atoms with van der Waals surface area (Å²) in [7, 11) is 0. The van der Waals surface area contributed by atoms with Crippen molar-refractivity contribution in [2.24, 2.45) is 0 Å². The Balaban J connectivity index is 1.92. The third kappa shape index (κ3) is 5.92. The molecule has 39 heavy (non-hydrogen) atoms. The highest BCUT2D eigenvalue weighted by Crippen LogP contribution is 2.37. The molecule has 0 bridgehead atoms. The van der Waals surface area contributed by atoms with Crippen LogP contribution in [0.25, 0.3) is 27.4 Å². The molecule has 4 nitrogen and oxygen atoms in total. The van der Waals surface area contributed by atoms with Crippen molar-refractivity contribution >= 4 is 5.69 Å². The van der Waals surface area contributed by atoms with Gasteiger partial charge in [-0.3, -0.25) is 9.97 Å². The smallest absolute Gasteiger partial charge is 0.187 e. The van der Waals surface area contributed by atoms with E-state index in [-0.39, 0.29) is 0 Å². The molecule has 0 aliphatic heterocycles. The normalized spacial score (nSPS) is 12.8. The van der Waals surface area contributed by atoms with Crippen molar-refractivity contribution in [1.82, 2.24) is 9.97 Å². The van der Waals surface area contributed by atoms with E-state index in [1.807, 2.05) is 48.5 Å². The minimum atomic E-state index is -0.485. The average Bonchev–Trinajstić information content (AvgIpc) is 2.99. The number of benzene rings is 2. The van der Waals surface area contributed by atoms with E-state index in [0.717, 1.165) is 46.7 Å². The van der Waals surface area contributed by atoms with Gasteiger partial charge in [0.25, 0.3) is 0 Å². The maximum Gasteiger partial charge on any atom is 0.187 e. The molecule has 0 radical (unpaired) electrons. The predicted molar refractivity (Wildman–Crippen MR) is 160 cm³/mol. The Bertz CT molecular complexity index is 1450. The van der Waals surface area contributed by atoms with Crippen molar-refractivity contribution in [2.45, 2.75) is 71.6 Å². The zero-order valence-corrected chi connectivity index (χ0v) is 23.8. The van der Waals surface area contributed by atoms with Crippen LogP contribution < -0.4 is 0 Å². The fourth-order valence-electron chi connectivity index (χ4n) is 4.69. The van der Waals surface area contributed by atoms with Gasteiger partial charge in [0.2, 0.25) is 0 Å². The van der Waals surface area contributed by atoms with Crippen LogP contribution in [0.5, 0.6) is 0 Å². The number of aromatic nitrogens is 2. The van der Waals surface area contributed by atoms with E-state index in [1.165, 1.54) is 11.1 Å². The summed E-state index contributed by atoms with van der Waals surface area (Å²) in [5.74, 6) is 0.737. The summed E-state index contributed by atoms with van der Waals surface area (Å²) in [5, 5.41) is 9.47. The van der Waals surface area contributed by atoms with Crippen LogP contribution in [0, 0.1) is 17.9 Å². The van der Waals surface area contributed by atoms with Crippen LogP contribution in [0.2, 0.25) is 0 Å². The molecular weight excluding hydrogens is 476 g/mol. The van der Waals surface area contributed by atoms with Gasteiger partial charge in [-0.05, 0) is 97.7 Å². The van der Waals surface area contributed by atoms with Crippen molar-refractivity contribution in [1.29, 1.82) is 5.26 Å². The van der Waals surface area contributed by atoms with Gasteiger partial charge in [-0.2, -0.15) is 5.26 Å². The molecule has 4 heteroatoms. The van der Waals surface area contributed by atoms with Gasteiger partial charge in [0, 0.05) is 11.0 Å². The number of nitriles is 1. The Kier molecular flexibility index (Phi) is 8.27. The lowest BCUT2D eigenvalue weighted by Gasteiger charge is -2.28. The Morgan fingerprint density at radius 1 is 0.795 bits per heavy atom.